The van der Waals surface area contributed by atoms with Gasteiger partial charge in [-0.25, -0.2) is 0 Å². The second-order valence-corrected chi connectivity index (χ2v) is 5.03. The fourth-order valence-electron chi connectivity index (χ4n) is 2.68. The van der Waals surface area contributed by atoms with E-state index in [-0.39, 0.29) is 0 Å². The van der Waals surface area contributed by atoms with Crippen LogP contribution in [-0.2, 0) is 0 Å². The highest BCUT2D eigenvalue weighted by molar-refractivity contribution is 5.61. The Hall–Kier alpha value is -1.42. The molecule has 0 saturated carbocycles. The number of hydrogen-bond donors (Lipinski definition) is 1. The summed E-state index contributed by atoms with van der Waals surface area (Å²) >= 11 is 0. The fourth-order valence-corrected chi connectivity index (χ4v) is 2.68. The molecule has 1 aromatic carbocycles. The minimum atomic E-state index is 0.777. The zero-order chi connectivity index (χ0) is 13.7. The molecule has 1 atom stereocenters. The van der Waals surface area contributed by atoms with Crippen LogP contribution in [0.2, 0.25) is 0 Å². The Morgan fingerprint density at radius 1 is 1.32 bits per heavy atom. The predicted octanol–water partition coefficient (Wildman–Crippen LogP) is 2.14. The van der Waals surface area contributed by atoms with Gasteiger partial charge in [0, 0.05) is 19.2 Å². The monoisotopic (exact) mass is 264 g/mol. The zero-order valence-corrected chi connectivity index (χ0v) is 12.1. The second kappa shape index (κ2) is 6.66. The number of benzene rings is 1. The SMILES string of the molecule is CNCCC1CCN(c2ccc(OC)cc2OC)C1. The van der Waals surface area contributed by atoms with Gasteiger partial charge in [0.05, 0.1) is 19.9 Å². The fraction of sp³-hybridized carbons (Fsp3) is 0.600. The molecule has 2 rings (SSSR count). The Bertz CT molecular complexity index is 409. The summed E-state index contributed by atoms with van der Waals surface area (Å²) in [6.45, 7) is 3.32. The largest absolute Gasteiger partial charge is 0.497 e. The first-order valence-corrected chi connectivity index (χ1v) is 6.90. The normalized spacial score (nSPS) is 18.7. The van der Waals surface area contributed by atoms with E-state index in [2.05, 4.69) is 16.3 Å². The molecule has 0 aliphatic carbocycles. The molecule has 1 aromatic rings. The van der Waals surface area contributed by atoms with Crippen LogP contribution in [0.15, 0.2) is 18.2 Å². The summed E-state index contributed by atoms with van der Waals surface area (Å²) in [5.74, 6) is 2.51. The van der Waals surface area contributed by atoms with Gasteiger partial charge in [-0.05, 0) is 44.5 Å². The van der Waals surface area contributed by atoms with Crippen molar-refractivity contribution in [1.82, 2.24) is 5.32 Å². The van der Waals surface area contributed by atoms with Crippen molar-refractivity contribution in [3.8, 4) is 11.5 Å². The molecule has 1 N–H and O–H groups in total. The third kappa shape index (κ3) is 3.32. The molecule has 1 heterocycles. The van der Waals surface area contributed by atoms with Crippen LogP contribution in [0.1, 0.15) is 12.8 Å². The first-order chi connectivity index (χ1) is 9.28. The topological polar surface area (TPSA) is 33.7 Å². The molecule has 0 aromatic heterocycles. The van der Waals surface area contributed by atoms with Crippen molar-refractivity contribution in [3.05, 3.63) is 18.2 Å². The van der Waals surface area contributed by atoms with Crippen molar-refractivity contribution in [1.29, 1.82) is 0 Å². The van der Waals surface area contributed by atoms with Gasteiger partial charge in [-0.2, -0.15) is 0 Å². The highest BCUT2D eigenvalue weighted by Crippen LogP contribution is 2.35. The quantitative estimate of drug-likeness (QED) is 0.853. The van der Waals surface area contributed by atoms with Gasteiger partial charge in [0.1, 0.15) is 11.5 Å². The zero-order valence-electron chi connectivity index (χ0n) is 12.1. The molecule has 1 saturated heterocycles. The van der Waals surface area contributed by atoms with Gasteiger partial charge in [-0.1, -0.05) is 0 Å². The molecule has 1 fully saturated rings. The highest BCUT2D eigenvalue weighted by Gasteiger charge is 2.24. The summed E-state index contributed by atoms with van der Waals surface area (Å²) in [7, 11) is 5.41. The number of nitrogens with one attached hydrogen (secondary N) is 1. The van der Waals surface area contributed by atoms with Gasteiger partial charge in [0.2, 0.25) is 0 Å². The third-order valence-electron chi connectivity index (χ3n) is 3.82. The molecule has 1 aliphatic heterocycles. The van der Waals surface area contributed by atoms with Gasteiger partial charge in [-0.15, -0.1) is 0 Å². The molecular formula is C15H24N2O2. The molecule has 0 bridgehead atoms. The summed E-state index contributed by atoms with van der Waals surface area (Å²) < 4.78 is 10.7. The van der Waals surface area contributed by atoms with Crippen LogP contribution in [0.3, 0.4) is 0 Å². The minimum absolute atomic E-state index is 0.777. The van der Waals surface area contributed by atoms with Crippen molar-refractivity contribution in [2.24, 2.45) is 5.92 Å². The average molecular weight is 264 g/mol. The van der Waals surface area contributed by atoms with E-state index in [1.807, 2.05) is 19.2 Å². The van der Waals surface area contributed by atoms with Crippen molar-refractivity contribution in [2.75, 3.05) is 45.8 Å². The molecule has 4 heteroatoms. The lowest BCUT2D eigenvalue weighted by atomic mass is 10.1. The van der Waals surface area contributed by atoms with Gasteiger partial charge in [0.25, 0.3) is 0 Å². The lowest BCUT2D eigenvalue weighted by Gasteiger charge is -2.21. The van der Waals surface area contributed by atoms with Crippen LogP contribution < -0.4 is 19.7 Å². The second-order valence-electron chi connectivity index (χ2n) is 5.03. The van der Waals surface area contributed by atoms with Gasteiger partial charge < -0.3 is 19.7 Å². The van der Waals surface area contributed by atoms with E-state index in [0.717, 1.165) is 37.1 Å². The lowest BCUT2D eigenvalue weighted by Crippen LogP contribution is -2.21. The molecule has 1 aliphatic rings. The molecule has 0 spiro atoms. The van der Waals surface area contributed by atoms with Crippen LogP contribution >= 0.6 is 0 Å². The van der Waals surface area contributed by atoms with Crippen LogP contribution in [0.25, 0.3) is 0 Å². The lowest BCUT2D eigenvalue weighted by molar-refractivity contribution is 0.394. The number of anilines is 1. The van der Waals surface area contributed by atoms with Crippen LogP contribution in [0.5, 0.6) is 11.5 Å². The number of methoxy groups -OCH3 is 2. The van der Waals surface area contributed by atoms with E-state index in [1.54, 1.807) is 14.2 Å². The summed E-state index contributed by atoms with van der Waals surface area (Å²) in [6.07, 6.45) is 2.50. The van der Waals surface area contributed by atoms with Crippen molar-refractivity contribution < 1.29 is 9.47 Å². The number of ether oxygens (including phenoxy) is 2. The maximum atomic E-state index is 5.48. The number of nitrogens with zero attached hydrogens (tertiary/aromatic N) is 1. The van der Waals surface area contributed by atoms with Crippen LogP contribution in [0, 0.1) is 5.92 Å². The van der Waals surface area contributed by atoms with Gasteiger partial charge in [0.15, 0.2) is 0 Å². The number of hydrogen-bond acceptors (Lipinski definition) is 4. The Kier molecular flexibility index (Phi) is 4.91. The maximum absolute atomic E-state index is 5.48. The Labute approximate surface area is 115 Å². The summed E-state index contributed by atoms with van der Waals surface area (Å²) in [4.78, 5) is 2.42. The molecule has 1 unspecified atom stereocenters. The number of rotatable bonds is 6. The summed E-state index contributed by atoms with van der Waals surface area (Å²) in [5, 5.41) is 3.23. The van der Waals surface area contributed by atoms with Crippen LogP contribution in [-0.4, -0.2) is 40.9 Å². The first-order valence-electron chi connectivity index (χ1n) is 6.90. The van der Waals surface area contributed by atoms with E-state index in [0.29, 0.717) is 0 Å². The van der Waals surface area contributed by atoms with Crippen molar-refractivity contribution in [3.63, 3.8) is 0 Å². The highest BCUT2D eigenvalue weighted by atomic mass is 16.5. The van der Waals surface area contributed by atoms with Crippen LogP contribution in [0.4, 0.5) is 5.69 Å². The maximum Gasteiger partial charge on any atom is 0.145 e. The van der Waals surface area contributed by atoms with E-state index in [1.165, 1.54) is 18.5 Å². The molecule has 106 valence electrons. The molecular weight excluding hydrogens is 240 g/mol. The van der Waals surface area contributed by atoms with E-state index in [4.69, 9.17) is 9.47 Å². The van der Waals surface area contributed by atoms with E-state index in [9.17, 15) is 0 Å². The summed E-state index contributed by atoms with van der Waals surface area (Å²) in [5.41, 5.74) is 1.18. The molecule has 19 heavy (non-hydrogen) atoms. The Balaban J connectivity index is 2.06. The van der Waals surface area contributed by atoms with Crippen molar-refractivity contribution >= 4 is 5.69 Å². The predicted molar refractivity (Wildman–Crippen MR) is 78.4 cm³/mol. The average Bonchev–Trinajstić information content (AvgIpc) is 2.92. The van der Waals surface area contributed by atoms with Gasteiger partial charge >= 0.3 is 0 Å². The standard InChI is InChI=1S/C15H24N2O2/c1-16-8-6-12-7-9-17(11-12)14-5-4-13(18-2)10-15(14)19-3/h4-5,10,12,16H,6-9,11H2,1-3H3. The van der Waals surface area contributed by atoms with E-state index >= 15 is 0 Å². The molecule has 4 nitrogen and oxygen atoms in total. The third-order valence-corrected chi connectivity index (χ3v) is 3.82. The smallest absolute Gasteiger partial charge is 0.145 e. The van der Waals surface area contributed by atoms with E-state index < -0.39 is 0 Å². The first kappa shape index (κ1) is 14.0. The minimum Gasteiger partial charge on any atom is -0.497 e. The molecule has 0 amide bonds. The Morgan fingerprint density at radius 3 is 2.84 bits per heavy atom. The van der Waals surface area contributed by atoms with Crippen molar-refractivity contribution in [2.45, 2.75) is 12.8 Å². The Morgan fingerprint density at radius 2 is 2.16 bits per heavy atom. The van der Waals surface area contributed by atoms with Gasteiger partial charge in [-0.3, -0.25) is 0 Å². The summed E-state index contributed by atoms with van der Waals surface area (Å²) in [6, 6.07) is 6.05. The molecule has 0 radical (unpaired) electrons.